The second kappa shape index (κ2) is 8.01. The van der Waals surface area contributed by atoms with E-state index in [0.717, 1.165) is 39.8 Å². The molecule has 0 unspecified atom stereocenters. The summed E-state index contributed by atoms with van der Waals surface area (Å²) in [4.78, 5) is 12.5. The third kappa shape index (κ3) is 5.41. The highest BCUT2D eigenvalue weighted by molar-refractivity contribution is 7.88. The van der Waals surface area contributed by atoms with E-state index in [1.54, 1.807) is 0 Å². The molecule has 0 atom stereocenters. The summed E-state index contributed by atoms with van der Waals surface area (Å²) >= 11 is 0. The molecule has 0 heterocycles. The maximum atomic E-state index is 12.5. The Balaban J connectivity index is 2.16. The fourth-order valence-electron chi connectivity index (χ4n) is 2.90. The SMILES string of the molecule is Cc1ccc(CN(CC(=O)Nc2c(C)cc(C)cc2C)S(C)(=O)=O)cc1. The van der Waals surface area contributed by atoms with E-state index >= 15 is 0 Å². The van der Waals surface area contributed by atoms with E-state index in [4.69, 9.17) is 0 Å². The molecule has 0 spiro atoms. The summed E-state index contributed by atoms with van der Waals surface area (Å²) < 4.78 is 25.4. The summed E-state index contributed by atoms with van der Waals surface area (Å²) in [5.74, 6) is -0.349. The minimum atomic E-state index is -3.52. The van der Waals surface area contributed by atoms with Gasteiger partial charge in [0.05, 0.1) is 12.8 Å². The van der Waals surface area contributed by atoms with Gasteiger partial charge >= 0.3 is 0 Å². The monoisotopic (exact) mass is 374 g/mol. The van der Waals surface area contributed by atoms with E-state index in [1.807, 2.05) is 64.1 Å². The highest BCUT2D eigenvalue weighted by Gasteiger charge is 2.21. The average molecular weight is 375 g/mol. The molecule has 0 saturated carbocycles. The number of hydrogen-bond donors (Lipinski definition) is 1. The number of nitrogens with one attached hydrogen (secondary N) is 1. The molecular formula is C20H26N2O3S. The van der Waals surface area contributed by atoms with Gasteiger partial charge in [0.15, 0.2) is 0 Å². The number of amides is 1. The average Bonchev–Trinajstić information content (AvgIpc) is 2.51. The third-order valence-electron chi connectivity index (χ3n) is 4.21. The lowest BCUT2D eigenvalue weighted by molar-refractivity contribution is -0.116. The van der Waals surface area contributed by atoms with Gasteiger partial charge in [0, 0.05) is 12.2 Å². The number of benzene rings is 2. The minimum absolute atomic E-state index is 0.165. The number of rotatable bonds is 6. The van der Waals surface area contributed by atoms with Crippen molar-refractivity contribution in [1.82, 2.24) is 4.31 Å². The number of carbonyl (C=O) groups excluding carboxylic acids is 1. The van der Waals surface area contributed by atoms with Gasteiger partial charge in [-0.2, -0.15) is 4.31 Å². The largest absolute Gasteiger partial charge is 0.324 e. The molecule has 0 aliphatic carbocycles. The normalized spacial score (nSPS) is 11.6. The Bertz CT molecular complexity index is 880. The van der Waals surface area contributed by atoms with Crippen molar-refractivity contribution in [3.05, 3.63) is 64.2 Å². The molecule has 0 fully saturated rings. The fourth-order valence-corrected chi connectivity index (χ4v) is 3.64. The van der Waals surface area contributed by atoms with E-state index in [9.17, 15) is 13.2 Å². The summed E-state index contributed by atoms with van der Waals surface area (Å²) in [6.45, 7) is 7.76. The lowest BCUT2D eigenvalue weighted by Gasteiger charge is -2.20. The molecule has 0 aromatic heterocycles. The van der Waals surface area contributed by atoms with Crippen LogP contribution < -0.4 is 5.32 Å². The first-order valence-corrected chi connectivity index (χ1v) is 10.3. The van der Waals surface area contributed by atoms with E-state index in [0.29, 0.717) is 0 Å². The van der Waals surface area contributed by atoms with Gasteiger partial charge in [0.2, 0.25) is 15.9 Å². The second-order valence-corrected chi connectivity index (χ2v) is 8.82. The Kier molecular flexibility index (Phi) is 6.21. The number of nitrogens with zero attached hydrogens (tertiary/aromatic N) is 1. The first-order chi connectivity index (χ1) is 12.1. The van der Waals surface area contributed by atoms with Gasteiger partial charge in [-0.15, -0.1) is 0 Å². The Labute approximate surface area is 156 Å². The summed E-state index contributed by atoms with van der Waals surface area (Å²) in [6.07, 6.45) is 1.12. The van der Waals surface area contributed by atoms with Gasteiger partial charge in [0.25, 0.3) is 0 Å². The molecule has 2 rings (SSSR count). The Hall–Kier alpha value is -2.18. The van der Waals surface area contributed by atoms with Crippen LogP contribution >= 0.6 is 0 Å². The van der Waals surface area contributed by atoms with Crippen molar-refractivity contribution in [2.45, 2.75) is 34.2 Å². The molecule has 5 nitrogen and oxygen atoms in total. The van der Waals surface area contributed by atoms with Crippen molar-refractivity contribution in [3.8, 4) is 0 Å². The van der Waals surface area contributed by atoms with Crippen molar-refractivity contribution >= 4 is 21.6 Å². The highest BCUT2D eigenvalue weighted by atomic mass is 32.2. The van der Waals surface area contributed by atoms with Crippen LogP contribution in [0.4, 0.5) is 5.69 Å². The zero-order valence-electron chi connectivity index (χ0n) is 16.0. The Morgan fingerprint density at radius 3 is 2.00 bits per heavy atom. The first kappa shape index (κ1) is 20.1. The van der Waals surface area contributed by atoms with E-state index in [2.05, 4.69) is 5.32 Å². The topological polar surface area (TPSA) is 66.5 Å². The van der Waals surface area contributed by atoms with Crippen molar-refractivity contribution in [3.63, 3.8) is 0 Å². The summed E-state index contributed by atoms with van der Waals surface area (Å²) in [5, 5.41) is 2.86. The van der Waals surface area contributed by atoms with Crippen molar-refractivity contribution < 1.29 is 13.2 Å². The van der Waals surface area contributed by atoms with E-state index < -0.39 is 10.0 Å². The molecule has 0 bridgehead atoms. The zero-order valence-corrected chi connectivity index (χ0v) is 16.8. The number of carbonyl (C=O) groups is 1. The lowest BCUT2D eigenvalue weighted by atomic mass is 10.1. The molecule has 2 aromatic rings. The Morgan fingerprint density at radius 2 is 1.50 bits per heavy atom. The quantitative estimate of drug-likeness (QED) is 0.843. The lowest BCUT2D eigenvalue weighted by Crippen LogP contribution is -2.37. The first-order valence-electron chi connectivity index (χ1n) is 8.44. The van der Waals surface area contributed by atoms with Gasteiger partial charge in [-0.05, 0) is 44.4 Å². The molecule has 0 radical (unpaired) electrons. The molecule has 2 aromatic carbocycles. The predicted molar refractivity (Wildman–Crippen MR) is 106 cm³/mol. The van der Waals surface area contributed by atoms with Gasteiger partial charge in [0.1, 0.15) is 0 Å². The minimum Gasteiger partial charge on any atom is -0.324 e. The maximum Gasteiger partial charge on any atom is 0.239 e. The van der Waals surface area contributed by atoms with Gasteiger partial charge < -0.3 is 5.32 Å². The molecule has 26 heavy (non-hydrogen) atoms. The van der Waals surface area contributed by atoms with Crippen molar-refractivity contribution in [2.75, 3.05) is 18.1 Å². The summed E-state index contributed by atoms with van der Waals surface area (Å²) in [5.41, 5.74) is 5.72. The smallest absolute Gasteiger partial charge is 0.239 e. The predicted octanol–water partition coefficient (Wildman–Crippen LogP) is 3.32. The number of anilines is 1. The standard InChI is InChI=1S/C20H26N2O3S/c1-14-6-8-18(9-7-14)12-22(26(5,24)25)13-19(23)21-20-16(3)10-15(2)11-17(20)4/h6-11H,12-13H2,1-5H3,(H,21,23). The van der Waals surface area contributed by atoms with Gasteiger partial charge in [-0.3, -0.25) is 4.79 Å². The van der Waals surface area contributed by atoms with Gasteiger partial charge in [-0.1, -0.05) is 47.5 Å². The second-order valence-electron chi connectivity index (χ2n) is 6.84. The third-order valence-corrected chi connectivity index (χ3v) is 5.41. The zero-order chi connectivity index (χ0) is 19.5. The molecular weight excluding hydrogens is 348 g/mol. The molecule has 6 heteroatoms. The van der Waals surface area contributed by atoms with Crippen LogP contribution in [0.15, 0.2) is 36.4 Å². The van der Waals surface area contributed by atoms with Crippen molar-refractivity contribution in [2.24, 2.45) is 0 Å². The van der Waals surface area contributed by atoms with Crippen LogP contribution in [0.1, 0.15) is 27.8 Å². The van der Waals surface area contributed by atoms with Crippen molar-refractivity contribution in [1.29, 1.82) is 0 Å². The van der Waals surface area contributed by atoms with Crippen LogP contribution in [0.5, 0.6) is 0 Å². The fraction of sp³-hybridized carbons (Fsp3) is 0.350. The highest BCUT2D eigenvalue weighted by Crippen LogP contribution is 2.22. The van der Waals surface area contributed by atoms with Crippen LogP contribution in [0.2, 0.25) is 0 Å². The Morgan fingerprint density at radius 1 is 0.962 bits per heavy atom. The number of hydrogen-bond acceptors (Lipinski definition) is 3. The van der Waals surface area contributed by atoms with Crippen LogP contribution in [0.25, 0.3) is 0 Å². The molecule has 0 aliphatic rings. The van der Waals surface area contributed by atoms with E-state index in [1.165, 1.54) is 4.31 Å². The summed E-state index contributed by atoms with van der Waals surface area (Å²) in [6, 6.07) is 11.6. The molecule has 0 saturated heterocycles. The summed E-state index contributed by atoms with van der Waals surface area (Å²) in [7, 11) is -3.52. The maximum absolute atomic E-state index is 12.5. The molecule has 0 aliphatic heterocycles. The van der Waals surface area contributed by atoms with E-state index in [-0.39, 0.29) is 19.0 Å². The van der Waals surface area contributed by atoms with Crippen LogP contribution in [-0.2, 0) is 21.4 Å². The molecule has 1 amide bonds. The molecule has 1 N–H and O–H groups in total. The van der Waals surface area contributed by atoms with Gasteiger partial charge in [-0.25, -0.2) is 8.42 Å². The van der Waals surface area contributed by atoms with Crippen LogP contribution in [-0.4, -0.2) is 31.4 Å². The van der Waals surface area contributed by atoms with Crippen LogP contribution in [0, 0.1) is 27.7 Å². The van der Waals surface area contributed by atoms with Crippen LogP contribution in [0.3, 0.4) is 0 Å². The molecule has 140 valence electrons. The number of aryl methyl sites for hydroxylation is 4. The number of sulfonamides is 1.